The number of aromatic amines is 1. The number of rotatable bonds is 2. The molecule has 2 aromatic rings. The quantitative estimate of drug-likeness (QED) is 0.751. The Balaban J connectivity index is 2.07. The van der Waals surface area contributed by atoms with Crippen LogP contribution in [0.15, 0.2) is 23.0 Å². The molecule has 6 heteroatoms. The highest BCUT2D eigenvalue weighted by Gasteiger charge is 2.20. The van der Waals surface area contributed by atoms with E-state index in [1.54, 1.807) is 19.2 Å². The molecule has 3 rings (SSSR count). The summed E-state index contributed by atoms with van der Waals surface area (Å²) in [6.07, 6.45) is 1.90. The summed E-state index contributed by atoms with van der Waals surface area (Å²) in [4.78, 5) is 26.7. The Morgan fingerprint density at radius 1 is 1.35 bits per heavy atom. The number of H-pyrrole nitrogens is 1. The summed E-state index contributed by atoms with van der Waals surface area (Å²) in [5, 5.41) is 5.88. The predicted octanol–water partition coefficient (Wildman–Crippen LogP) is 0.614. The van der Waals surface area contributed by atoms with Gasteiger partial charge in [-0.25, -0.2) is 4.79 Å². The van der Waals surface area contributed by atoms with Crippen LogP contribution in [0.3, 0.4) is 0 Å². The number of imidazole rings is 1. The molecule has 106 valence electrons. The Kier molecular flexibility index (Phi) is 3.31. The highest BCUT2D eigenvalue weighted by atomic mass is 16.2. The second kappa shape index (κ2) is 5.13. The number of hydrogen-bond donors (Lipinski definition) is 3. The number of nitrogens with one attached hydrogen (secondary N) is 3. The average molecular weight is 274 g/mol. The maximum absolute atomic E-state index is 12.2. The maximum atomic E-state index is 12.2. The van der Waals surface area contributed by atoms with Crippen molar-refractivity contribution in [1.82, 2.24) is 20.2 Å². The fourth-order valence-corrected chi connectivity index (χ4v) is 2.84. The summed E-state index contributed by atoms with van der Waals surface area (Å²) in [6.45, 7) is 1.86. The SMILES string of the molecule is CNC(=O)c1ccc2c(c1)[nH]c(=O)n2C1CCNCC1. The molecule has 0 bridgehead atoms. The van der Waals surface area contributed by atoms with Gasteiger partial charge in [0.1, 0.15) is 0 Å². The number of hydrogen-bond acceptors (Lipinski definition) is 3. The number of benzene rings is 1. The third kappa shape index (κ3) is 2.12. The van der Waals surface area contributed by atoms with Crippen molar-refractivity contribution in [2.75, 3.05) is 20.1 Å². The lowest BCUT2D eigenvalue weighted by atomic mass is 10.1. The molecule has 1 aliphatic rings. The van der Waals surface area contributed by atoms with Crippen molar-refractivity contribution in [3.63, 3.8) is 0 Å². The Labute approximate surface area is 116 Å². The topological polar surface area (TPSA) is 78.9 Å². The first-order chi connectivity index (χ1) is 9.70. The van der Waals surface area contributed by atoms with Gasteiger partial charge >= 0.3 is 5.69 Å². The summed E-state index contributed by atoms with van der Waals surface area (Å²) < 4.78 is 1.82. The fourth-order valence-electron chi connectivity index (χ4n) is 2.84. The number of fused-ring (bicyclic) bond motifs is 1. The maximum Gasteiger partial charge on any atom is 0.326 e. The monoisotopic (exact) mass is 274 g/mol. The van der Waals surface area contributed by atoms with Crippen LogP contribution in [-0.2, 0) is 0 Å². The van der Waals surface area contributed by atoms with Crippen molar-refractivity contribution in [2.24, 2.45) is 0 Å². The number of amides is 1. The van der Waals surface area contributed by atoms with Crippen molar-refractivity contribution in [2.45, 2.75) is 18.9 Å². The zero-order valence-electron chi connectivity index (χ0n) is 11.4. The first kappa shape index (κ1) is 12.9. The average Bonchev–Trinajstić information content (AvgIpc) is 2.82. The van der Waals surface area contributed by atoms with Crippen LogP contribution in [0.5, 0.6) is 0 Å². The van der Waals surface area contributed by atoms with Gasteiger partial charge in [0, 0.05) is 18.7 Å². The van der Waals surface area contributed by atoms with Crippen molar-refractivity contribution in [1.29, 1.82) is 0 Å². The largest absolute Gasteiger partial charge is 0.355 e. The molecule has 6 nitrogen and oxygen atoms in total. The van der Waals surface area contributed by atoms with E-state index in [0.29, 0.717) is 5.56 Å². The summed E-state index contributed by atoms with van der Waals surface area (Å²) in [5.74, 6) is -0.151. The molecule has 2 heterocycles. The smallest absolute Gasteiger partial charge is 0.326 e. The molecule has 0 unspecified atom stereocenters. The van der Waals surface area contributed by atoms with Crippen LogP contribution in [0.2, 0.25) is 0 Å². The zero-order chi connectivity index (χ0) is 14.1. The fraction of sp³-hybridized carbons (Fsp3) is 0.429. The summed E-state index contributed by atoms with van der Waals surface area (Å²) in [5.41, 5.74) is 2.05. The highest BCUT2D eigenvalue weighted by Crippen LogP contribution is 2.22. The van der Waals surface area contributed by atoms with Crippen LogP contribution in [-0.4, -0.2) is 35.6 Å². The van der Waals surface area contributed by atoms with Gasteiger partial charge in [-0.15, -0.1) is 0 Å². The summed E-state index contributed by atoms with van der Waals surface area (Å²) in [7, 11) is 1.59. The minimum Gasteiger partial charge on any atom is -0.355 e. The van der Waals surface area contributed by atoms with Gasteiger partial charge in [0.25, 0.3) is 5.91 Å². The number of aromatic nitrogens is 2. The van der Waals surface area contributed by atoms with Gasteiger partial charge in [-0.2, -0.15) is 0 Å². The molecule has 0 atom stereocenters. The van der Waals surface area contributed by atoms with E-state index in [-0.39, 0.29) is 17.6 Å². The molecule has 1 saturated heterocycles. The number of piperidine rings is 1. The Morgan fingerprint density at radius 3 is 2.80 bits per heavy atom. The van der Waals surface area contributed by atoms with Gasteiger partial charge in [-0.3, -0.25) is 9.36 Å². The van der Waals surface area contributed by atoms with Crippen molar-refractivity contribution in [3.8, 4) is 0 Å². The molecule has 0 aliphatic carbocycles. The van der Waals surface area contributed by atoms with E-state index in [9.17, 15) is 9.59 Å². The van der Waals surface area contributed by atoms with E-state index in [4.69, 9.17) is 0 Å². The Bertz CT molecular complexity index is 695. The van der Waals surface area contributed by atoms with Gasteiger partial charge in [-0.1, -0.05) is 0 Å². The van der Waals surface area contributed by atoms with Crippen LogP contribution in [0.1, 0.15) is 29.2 Å². The zero-order valence-corrected chi connectivity index (χ0v) is 11.4. The van der Waals surface area contributed by atoms with E-state index in [0.717, 1.165) is 37.0 Å². The van der Waals surface area contributed by atoms with Crippen molar-refractivity contribution < 1.29 is 4.79 Å². The van der Waals surface area contributed by atoms with E-state index >= 15 is 0 Å². The van der Waals surface area contributed by atoms with E-state index < -0.39 is 0 Å². The Morgan fingerprint density at radius 2 is 2.10 bits per heavy atom. The molecule has 0 radical (unpaired) electrons. The first-order valence-corrected chi connectivity index (χ1v) is 6.88. The standard InChI is InChI=1S/C14H18N4O2/c1-15-13(19)9-2-3-12-11(8-9)17-14(20)18(12)10-4-6-16-7-5-10/h2-3,8,10,16H,4-7H2,1H3,(H,15,19)(H,17,20). The molecule has 1 fully saturated rings. The molecule has 1 amide bonds. The van der Waals surface area contributed by atoms with Crippen molar-refractivity contribution in [3.05, 3.63) is 34.2 Å². The van der Waals surface area contributed by atoms with Crippen LogP contribution < -0.4 is 16.3 Å². The van der Waals surface area contributed by atoms with E-state index in [1.807, 2.05) is 10.6 Å². The lowest BCUT2D eigenvalue weighted by molar-refractivity contribution is 0.0963. The molecule has 20 heavy (non-hydrogen) atoms. The number of nitrogens with zero attached hydrogens (tertiary/aromatic N) is 1. The molecule has 1 aliphatic heterocycles. The lowest BCUT2D eigenvalue weighted by Gasteiger charge is -2.23. The molecular formula is C14H18N4O2. The van der Waals surface area contributed by atoms with Gasteiger partial charge in [0.05, 0.1) is 11.0 Å². The molecular weight excluding hydrogens is 256 g/mol. The van der Waals surface area contributed by atoms with Crippen molar-refractivity contribution >= 4 is 16.9 Å². The first-order valence-electron chi connectivity index (χ1n) is 6.88. The number of carbonyl (C=O) groups is 1. The minimum atomic E-state index is -0.151. The number of carbonyl (C=O) groups excluding carboxylic acids is 1. The van der Waals surface area contributed by atoms with Crippen LogP contribution in [0.25, 0.3) is 11.0 Å². The van der Waals surface area contributed by atoms with Gasteiger partial charge in [-0.05, 0) is 44.1 Å². The minimum absolute atomic E-state index is 0.0963. The molecule has 1 aromatic heterocycles. The summed E-state index contributed by atoms with van der Waals surface area (Å²) in [6, 6.07) is 5.56. The normalized spacial score (nSPS) is 16.4. The third-order valence-corrected chi connectivity index (χ3v) is 3.88. The van der Waals surface area contributed by atoms with Crippen LogP contribution in [0, 0.1) is 0 Å². The van der Waals surface area contributed by atoms with Crippen LogP contribution >= 0.6 is 0 Å². The summed E-state index contributed by atoms with van der Waals surface area (Å²) >= 11 is 0. The second-order valence-electron chi connectivity index (χ2n) is 5.09. The van der Waals surface area contributed by atoms with Gasteiger partial charge < -0.3 is 15.6 Å². The Hall–Kier alpha value is -2.08. The second-order valence-corrected chi connectivity index (χ2v) is 5.09. The highest BCUT2D eigenvalue weighted by molar-refractivity contribution is 5.97. The van der Waals surface area contributed by atoms with Gasteiger partial charge in [0.15, 0.2) is 0 Å². The van der Waals surface area contributed by atoms with Gasteiger partial charge in [0.2, 0.25) is 0 Å². The molecule has 0 saturated carbocycles. The van der Waals surface area contributed by atoms with Crippen LogP contribution in [0.4, 0.5) is 0 Å². The van der Waals surface area contributed by atoms with E-state index in [2.05, 4.69) is 15.6 Å². The molecule has 1 aromatic carbocycles. The predicted molar refractivity (Wildman–Crippen MR) is 77.1 cm³/mol. The third-order valence-electron chi connectivity index (χ3n) is 3.88. The molecule has 0 spiro atoms. The van der Waals surface area contributed by atoms with E-state index in [1.165, 1.54) is 0 Å². The molecule has 3 N–H and O–H groups in total. The lowest BCUT2D eigenvalue weighted by Crippen LogP contribution is -2.33.